The van der Waals surface area contributed by atoms with Gasteiger partial charge >= 0.3 is 17.9 Å². The topological polar surface area (TPSA) is 78.9 Å². The van der Waals surface area contributed by atoms with Gasteiger partial charge in [0.2, 0.25) is 0 Å². The number of rotatable bonds is 59. The summed E-state index contributed by atoms with van der Waals surface area (Å²) in [6.45, 7) is 6.53. The Kier molecular flexibility index (Phi) is 61.8. The van der Waals surface area contributed by atoms with Gasteiger partial charge in [0.05, 0.1) is 0 Å². The molecule has 0 heterocycles. The van der Waals surface area contributed by atoms with Crippen LogP contribution in [0, 0.1) is 0 Å². The van der Waals surface area contributed by atoms with Crippen LogP contribution in [-0.4, -0.2) is 37.2 Å². The van der Waals surface area contributed by atoms with Crippen LogP contribution in [0.4, 0.5) is 0 Å². The van der Waals surface area contributed by atoms with Gasteiger partial charge in [0.25, 0.3) is 0 Å². The van der Waals surface area contributed by atoms with Crippen LogP contribution >= 0.6 is 0 Å². The first-order chi connectivity index (χ1) is 38.0. The van der Waals surface area contributed by atoms with Crippen molar-refractivity contribution in [3.05, 3.63) is 97.2 Å². The summed E-state index contributed by atoms with van der Waals surface area (Å²) in [6, 6.07) is 0. The number of carbonyl (C=O) groups excluding carboxylic acids is 3. The molecule has 0 aromatic carbocycles. The molecule has 442 valence electrons. The highest BCUT2D eigenvalue weighted by Crippen LogP contribution is 2.16. The maximum absolute atomic E-state index is 12.9. The zero-order valence-electron chi connectivity index (χ0n) is 50.7. The van der Waals surface area contributed by atoms with Gasteiger partial charge in [0.1, 0.15) is 13.2 Å². The summed E-state index contributed by atoms with van der Waals surface area (Å²) in [7, 11) is 0. The molecule has 1 atom stereocenters. The lowest BCUT2D eigenvalue weighted by Gasteiger charge is -2.18. The molecule has 6 heteroatoms. The summed E-state index contributed by atoms with van der Waals surface area (Å²) in [6.07, 6.45) is 87.0. The average Bonchev–Trinajstić information content (AvgIpc) is 3.43. The summed E-state index contributed by atoms with van der Waals surface area (Å²) < 4.78 is 16.9. The number of unbranched alkanes of at least 4 members (excludes halogenated alkanes) is 32. The molecule has 0 aromatic rings. The maximum atomic E-state index is 12.9. The zero-order valence-corrected chi connectivity index (χ0v) is 50.7. The molecule has 0 bridgehead atoms. The Morgan fingerprint density at radius 2 is 0.506 bits per heavy atom. The van der Waals surface area contributed by atoms with Crippen molar-refractivity contribution in [1.29, 1.82) is 0 Å². The summed E-state index contributed by atoms with van der Waals surface area (Å²) in [5, 5.41) is 0. The molecule has 0 N–H and O–H groups in total. The lowest BCUT2D eigenvalue weighted by atomic mass is 10.0. The van der Waals surface area contributed by atoms with Crippen LogP contribution in [0.1, 0.15) is 316 Å². The number of hydrogen-bond donors (Lipinski definition) is 0. The van der Waals surface area contributed by atoms with Crippen molar-refractivity contribution in [3.63, 3.8) is 0 Å². The molecule has 0 aliphatic rings. The van der Waals surface area contributed by atoms with Gasteiger partial charge in [0.15, 0.2) is 6.10 Å². The Labute approximate surface area is 477 Å². The second kappa shape index (κ2) is 64.9. The minimum Gasteiger partial charge on any atom is -0.462 e. The molecule has 0 rings (SSSR count). The highest BCUT2D eigenvalue weighted by Gasteiger charge is 2.19. The lowest BCUT2D eigenvalue weighted by molar-refractivity contribution is -0.167. The Morgan fingerprint density at radius 1 is 0.273 bits per heavy atom. The van der Waals surface area contributed by atoms with E-state index in [1.54, 1.807) is 0 Å². The lowest BCUT2D eigenvalue weighted by Crippen LogP contribution is -2.30. The van der Waals surface area contributed by atoms with Crippen molar-refractivity contribution in [2.24, 2.45) is 0 Å². The second-order valence-electron chi connectivity index (χ2n) is 21.6. The van der Waals surface area contributed by atoms with E-state index in [1.165, 1.54) is 161 Å². The largest absolute Gasteiger partial charge is 0.462 e. The number of allylic oxidation sites excluding steroid dienone is 16. The first-order valence-electron chi connectivity index (χ1n) is 32.7. The molecule has 0 spiro atoms. The van der Waals surface area contributed by atoms with Gasteiger partial charge in [-0.1, -0.05) is 291 Å². The van der Waals surface area contributed by atoms with E-state index >= 15 is 0 Å². The number of esters is 3. The van der Waals surface area contributed by atoms with Gasteiger partial charge in [-0.05, 0) is 103 Å². The van der Waals surface area contributed by atoms with Gasteiger partial charge in [0, 0.05) is 19.3 Å². The van der Waals surface area contributed by atoms with E-state index in [1.807, 2.05) is 0 Å². The standard InChI is InChI=1S/C71H122O6/c1-4-7-10-13-16-19-22-25-28-31-33-34-35-36-37-38-39-41-43-46-49-52-55-58-61-64-70(73)76-67-68(66-75-69(72)63-60-57-54-51-48-45-42-30-27-24-21-18-15-12-9-6-3)77-71(74)65-62-59-56-53-50-47-44-40-32-29-26-23-20-17-14-11-8-5-2/h7,10,16,19,25,28,30,33-34,36-37,39,41-42,46,49,68H,4-6,8-9,11-15,17-18,20-24,26-27,29,31-32,35,38,40,43-45,47-48,50-67H2,1-3H3/b10-7-,19-16-,28-25-,34-33-,37-36-,41-39-,42-30-,49-46-. The van der Waals surface area contributed by atoms with E-state index in [-0.39, 0.29) is 31.1 Å². The first-order valence-corrected chi connectivity index (χ1v) is 32.7. The molecular formula is C71H122O6. The molecule has 77 heavy (non-hydrogen) atoms. The second-order valence-corrected chi connectivity index (χ2v) is 21.6. The average molecular weight is 1070 g/mol. The predicted molar refractivity (Wildman–Crippen MR) is 334 cm³/mol. The van der Waals surface area contributed by atoms with Gasteiger partial charge in [-0.25, -0.2) is 0 Å². The fraction of sp³-hybridized carbons (Fsp3) is 0.732. The van der Waals surface area contributed by atoms with Crippen LogP contribution in [0.15, 0.2) is 97.2 Å². The fourth-order valence-corrected chi connectivity index (χ4v) is 9.18. The van der Waals surface area contributed by atoms with Crippen molar-refractivity contribution < 1.29 is 28.6 Å². The van der Waals surface area contributed by atoms with E-state index in [0.717, 1.165) is 116 Å². The van der Waals surface area contributed by atoms with Crippen molar-refractivity contribution in [2.75, 3.05) is 13.2 Å². The third-order valence-corrected chi connectivity index (χ3v) is 14.1. The van der Waals surface area contributed by atoms with Gasteiger partial charge in [-0.15, -0.1) is 0 Å². The summed E-state index contributed by atoms with van der Waals surface area (Å²) >= 11 is 0. The molecular weight excluding hydrogens is 949 g/mol. The monoisotopic (exact) mass is 1070 g/mol. The van der Waals surface area contributed by atoms with Crippen LogP contribution in [0.3, 0.4) is 0 Å². The molecule has 6 nitrogen and oxygen atoms in total. The van der Waals surface area contributed by atoms with Crippen LogP contribution < -0.4 is 0 Å². The molecule has 0 aromatic heterocycles. The third-order valence-electron chi connectivity index (χ3n) is 14.1. The number of hydrogen-bond acceptors (Lipinski definition) is 6. The summed E-state index contributed by atoms with van der Waals surface area (Å²) in [4.78, 5) is 38.4. The Bertz CT molecular complexity index is 1510. The van der Waals surface area contributed by atoms with E-state index in [2.05, 4.69) is 118 Å². The molecule has 0 fully saturated rings. The van der Waals surface area contributed by atoms with Crippen molar-refractivity contribution in [1.82, 2.24) is 0 Å². The molecule has 0 radical (unpaired) electrons. The normalized spacial score (nSPS) is 12.7. The third kappa shape index (κ3) is 63.0. The summed E-state index contributed by atoms with van der Waals surface area (Å²) in [5.74, 6) is -0.918. The van der Waals surface area contributed by atoms with Gasteiger partial charge in [-0.2, -0.15) is 0 Å². The Morgan fingerprint density at radius 3 is 0.818 bits per heavy atom. The highest BCUT2D eigenvalue weighted by molar-refractivity contribution is 5.71. The smallest absolute Gasteiger partial charge is 0.306 e. The first kappa shape index (κ1) is 73.3. The molecule has 0 saturated carbocycles. The Balaban J connectivity index is 4.43. The minimum absolute atomic E-state index is 0.0902. The van der Waals surface area contributed by atoms with E-state index in [0.29, 0.717) is 19.3 Å². The molecule has 0 amide bonds. The molecule has 1 unspecified atom stereocenters. The number of carbonyl (C=O) groups is 3. The summed E-state index contributed by atoms with van der Waals surface area (Å²) in [5.41, 5.74) is 0. The number of ether oxygens (including phenoxy) is 3. The van der Waals surface area contributed by atoms with Crippen LogP contribution in [0.5, 0.6) is 0 Å². The van der Waals surface area contributed by atoms with E-state index in [9.17, 15) is 14.4 Å². The fourth-order valence-electron chi connectivity index (χ4n) is 9.18. The van der Waals surface area contributed by atoms with Crippen molar-refractivity contribution >= 4 is 17.9 Å². The predicted octanol–water partition coefficient (Wildman–Crippen LogP) is 22.4. The molecule has 0 aliphatic heterocycles. The Hall–Kier alpha value is -3.67. The van der Waals surface area contributed by atoms with Crippen LogP contribution in [0.2, 0.25) is 0 Å². The van der Waals surface area contributed by atoms with Crippen LogP contribution in [-0.2, 0) is 28.6 Å². The highest BCUT2D eigenvalue weighted by atomic mass is 16.6. The van der Waals surface area contributed by atoms with Gasteiger partial charge in [-0.3, -0.25) is 14.4 Å². The van der Waals surface area contributed by atoms with Crippen molar-refractivity contribution in [2.45, 2.75) is 322 Å². The van der Waals surface area contributed by atoms with Crippen molar-refractivity contribution in [3.8, 4) is 0 Å². The van der Waals surface area contributed by atoms with Crippen LogP contribution in [0.25, 0.3) is 0 Å². The quantitative estimate of drug-likeness (QED) is 0.0261. The van der Waals surface area contributed by atoms with E-state index in [4.69, 9.17) is 14.2 Å². The van der Waals surface area contributed by atoms with Gasteiger partial charge < -0.3 is 14.2 Å². The SMILES string of the molecule is CC/C=C\C/C=C\C/C=C\C/C=C\C/C=C\C/C=C\C/C=C\CCCCCC(=O)OCC(COC(=O)CCCCCCC/C=C\CCCCCCCCC)OC(=O)CCCCCCCCCCCCCCCCCCCC. The van der Waals surface area contributed by atoms with E-state index < -0.39 is 6.10 Å². The zero-order chi connectivity index (χ0) is 55.7. The maximum Gasteiger partial charge on any atom is 0.306 e. The molecule has 0 aliphatic carbocycles. The minimum atomic E-state index is -0.795. The molecule has 0 saturated heterocycles.